The van der Waals surface area contributed by atoms with Crippen LogP contribution in [0.2, 0.25) is 0 Å². The van der Waals surface area contributed by atoms with Gasteiger partial charge in [0.15, 0.2) is 0 Å². The molecule has 1 amide bonds. The van der Waals surface area contributed by atoms with E-state index in [0.717, 1.165) is 10.6 Å². The van der Waals surface area contributed by atoms with Crippen LogP contribution in [0.3, 0.4) is 0 Å². The number of hydrogen-bond acceptors (Lipinski definition) is 5. The van der Waals surface area contributed by atoms with Gasteiger partial charge in [-0.15, -0.1) is 0 Å². The van der Waals surface area contributed by atoms with E-state index in [0.29, 0.717) is 0 Å². The minimum Gasteiger partial charge on any atom is -0.467 e. The van der Waals surface area contributed by atoms with Crippen molar-refractivity contribution in [2.45, 2.75) is 25.7 Å². The summed E-state index contributed by atoms with van der Waals surface area (Å²) < 4.78 is 9.76. The summed E-state index contributed by atoms with van der Waals surface area (Å²) in [6.45, 7) is 1.90. The van der Waals surface area contributed by atoms with Crippen LogP contribution < -0.4 is 0 Å². The highest BCUT2D eigenvalue weighted by Crippen LogP contribution is 2.16. The molecule has 0 aliphatic carbocycles. The van der Waals surface area contributed by atoms with Crippen LogP contribution in [-0.4, -0.2) is 36.4 Å². The number of carbonyl (C=O) groups is 2. The van der Waals surface area contributed by atoms with E-state index in [9.17, 15) is 9.59 Å². The molecule has 6 heteroatoms. The first-order valence-electron chi connectivity index (χ1n) is 6.54. The first-order valence-corrected chi connectivity index (χ1v) is 6.54. The van der Waals surface area contributed by atoms with E-state index in [1.807, 2.05) is 30.3 Å². The lowest BCUT2D eigenvalue weighted by atomic mass is 10.2. The molecule has 21 heavy (non-hydrogen) atoms. The summed E-state index contributed by atoms with van der Waals surface area (Å²) in [5.74, 6) is -0.570. The third kappa shape index (κ3) is 3.82. The Labute approximate surface area is 122 Å². The lowest BCUT2D eigenvalue weighted by Gasteiger charge is -2.31. The molecule has 0 saturated carbocycles. The predicted octanol–water partition coefficient (Wildman–Crippen LogP) is 2.06. The molecular weight excluding hydrogens is 274 g/mol. The summed E-state index contributed by atoms with van der Waals surface area (Å²) in [6.07, 6.45) is 1.66. The fourth-order valence-electron chi connectivity index (χ4n) is 1.82. The van der Waals surface area contributed by atoms with Crippen LogP contribution in [0.25, 0.3) is 0 Å². The SMILES string of the molecule is COC(=O)[C@@H]1C=C[C@H](C)N(C(=O)OCc2ccccc2)O1. The van der Waals surface area contributed by atoms with E-state index in [-0.39, 0.29) is 12.6 Å². The van der Waals surface area contributed by atoms with Crippen molar-refractivity contribution in [1.29, 1.82) is 0 Å². The van der Waals surface area contributed by atoms with Crippen molar-refractivity contribution in [3.05, 3.63) is 48.0 Å². The zero-order valence-electron chi connectivity index (χ0n) is 11.9. The lowest BCUT2D eigenvalue weighted by molar-refractivity contribution is -0.199. The molecule has 1 aliphatic heterocycles. The Kier molecular flexibility index (Phi) is 4.94. The zero-order valence-corrected chi connectivity index (χ0v) is 11.9. The van der Waals surface area contributed by atoms with Crippen molar-refractivity contribution in [3.8, 4) is 0 Å². The number of nitrogens with zero attached hydrogens (tertiary/aromatic N) is 1. The molecule has 2 rings (SSSR count). The number of hydroxylamine groups is 2. The molecule has 1 heterocycles. The van der Waals surface area contributed by atoms with E-state index in [4.69, 9.17) is 9.57 Å². The summed E-state index contributed by atoms with van der Waals surface area (Å²) in [5, 5.41) is 1.03. The third-order valence-corrected chi connectivity index (χ3v) is 2.98. The second kappa shape index (κ2) is 6.90. The van der Waals surface area contributed by atoms with Gasteiger partial charge >= 0.3 is 12.1 Å². The highest BCUT2D eigenvalue weighted by Gasteiger charge is 2.31. The van der Waals surface area contributed by atoms with Gasteiger partial charge in [-0.05, 0) is 18.6 Å². The fourth-order valence-corrected chi connectivity index (χ4v) is 1.82. The van der Waals surface area contributed by atoms with E-state index in [1.54, 1.807) is 19.1 Å². The minimum atomic E-state index is -0.935. The summed E-state index contributed by atoms with van der Waals surface area (Å²) in [7, 11) is 1.26. The van der Waals surface area contributed by atoms with Gasteiger partial charge in [0, 0.05) is 0 Å². The second-order valence-corrected chi connectivity index (χ2v) is 4.54. The van der Waals surface area contributed by atoms with Crippen LogP contribution >= 0.6 is 0 Å². The van der Waals surface area contributed by atoms with Crippen molar-refractivity contribution >= 4 is 12.1 Å². The van der Waals surface area contributed by atoms with Crippen LogP contribution in [0, 0.1) is 0 Å². The molecule has 0 aromatic heterocycles. The Balaban J connectivity index is 1.95. The molecule has 2 atom stereocenters. The third-order valence-electron chi connectivity index (χ3n) is 2.98. The van der Waals surface area contributed by atoms with Gasteiger partial charge in [0.05, 0.1) is 13.2 Å². The number of rotatable bonds is 3. The maximum atomic E-state index is 12.0. The van der Waals surface area contributed by atoms with Crippen LogP contribution in [-0.2, 0) is 25.7 Å². The van der Waals surface area contributed by atoms with Crippen molar-refractivity contribution < 1.29 is 23.9 Å². The van der Waals surface area contributed by atoms with Crippen LogP contribution in [0.4, 0.5) is 4.79 Å². The van der Waals surface area contributed by atoms with Crippen molar-refractivity contribution in [2.24, 2.45) is 0 Å². The van der Waals surface area contributed by atoms with Gasteiger partial charge in [0.1, 0.15) is 6.61 Å². The first kappa shape index (κ1) is 15.1. The highest BCUT2D eigenvalue weighted by atomic mass is 16.7. The molecule has 1 aromatic carbocycles. The van der Waals surface area contributed by atoms with Gasteiger partial charge in [0.2, 0.25) is 6.10 Å². The normalized spacial score (nSPS) is 21.0. The van der Waals surface area contributed by atoms with Gasteiger partial charge in [-0.3, -0.25) is 0 Å². The second-order valence-electron chi connectivity index (χ2n) is 4.54. The first-order chi connectivity index (χ1) is 10.1. The quantitative estimate of drug-likeness (QED) is 0.630. The van der Waals surface area contributed by atoms with Crippen LogP contribution in [0.1, 0.15) is 12.5 Å². The number of hydrogen-bond donors (Lipinski definition) is 0. The molecule has 0 bridgehead atoms. The molecule has 0 spiro atoms. The minimum absolute atomic E-state index is 0.138. The number of esters is 1. The summed E-state index contributed by atoms with van der Waals surface area (Å²) in [6, 6.07) is 8.98. The van der Waals surface area contributed by atoms with Gasteiger partial charge in [0.25, 0.3) is 0 Å². The molecule has 0 saturated heterocycles. The largest absolute Gasteiger partial charge is 0.467 e. The van der Waals surface area contributed by atoms with Gasteiger partial charge in [-0.1, -0.05) is 36.4 Å². The monoisotopic (exact) mass is 291 g/mol. The molecular formula is C15H17NO5. The zero-order chi connectivity index (χ0) is 15.2. The maximum Gasteiger partial charge on any atom is 0.434 e. The number of amides is 1. The van der Waals surface area contributed by atoms with E-state index in [2.05, 4.69) is 4.74 Å². The summed E-state index contributed by atoms with van der Waals surface area (Å²) in [4.78, 5) is 28.8. The number of carbonyl (C=O) groups excluding carboxylic acids is 2. The molecule has 1 aromatic rings. The van der Waals surface area contributed by atoms with E-state index < -0.39 is 18.2 Å². The molecule has 0 radical (unpaired) electrons. The molecule has 112 valence electrons. The smallest absolute Gasteiger partial charge is 0.434 e. The fraction of sp³-hybridized carbons (Fsp3) is 0.333. The summed E-state index contributed by atoms with van der Waals surface area (Å²) in [5.41, 5.74) is 0.871. The van der Waals surface area contributed by atoms with Crippen molar-refractivity contribution in [2.75, 3.05) is 7.11 Å². The standard InChI is InChI=1S/C15H17NO5/c1-11-8-9-13(14(17)19-2)21-16(11)15(18)20-10-12-6-4-3-5-7-12/h3-9,11,13H,10H2,1-2H3/t11-,13-/m0/s1. The highest BCUT2D eigenvalue weighted by molar-refractivity contribution is 5.77. The van der Waals surface area contributed by atoms with Crippen molar-refractivity contribution in [1.82, 2.24) is 5.06 Å². The average Bonchev–Trinajstić information content (AvgIpc) is 2.53. The van der Waals surface area contributed by atoms with E-state index in [1.165, 1.54) is 7.11 Å². The number of ether oxygens (including phenoxy) is 2. The molecule has 1 aliphatic rings. The molecule has 6 nitrogen and oxygen atoms in total. The average molecular weight is 291 g/mol. The van der Waals surface area contributed by atoms with Crippen LogP contribution in [0.5, 0.6) is 0 Å². The predicted molar refractivity (Wildman–Crippen MR) is 74.0 cm³/mol. The molecule has 0 fully saturated rings. The summed E-state index contributed by atoms with van der Waals surface area (Å²) >= 11 is 0. The Bertz CT molecular complexity index is 528. The Morgan fingerprint density at radius 1 is 1.24 bits per heavy atom. The van der Waals surface area contributed by atoms with Crippen LogP contribution in [0.15, 0.2) is 42.5 Å². The number of benzene rings is 1. The van der Waals surface area contributed by atoms with Gasteiger partial charge in [-0.25, -0.2) is 14.4 Å². The van der Waals surface area contributed by atoms with E-state index >= 15 is 0 Å². The molecule has 0 unspecified atom stereocenters. The Hall–Kier alpha value is -2.34. The Morgan fingerprint density at radius 3 is 2.62 bits per heavy atom. The molecule has 0 N–H and O–H groups in total. The van der Waals surface area contributed by atoms with Crippen molar-refractivity contribution in [3.63, 3.8) is 0 Å². The van der Waals surface area contributed by atoms with Gasteiger partial charge in [-0.2, -0.15) is 5.06 Å². The maximum absolute atomic E-state index is 12.0. The number of methoxy groups -OCH3 is 1. The van der Waals surface area contributed by atoms with Gasteiger partial charge < -0.3 is 9.47 Å². The lowest BCUT2D eigenvalue weighted by Crippen LogP contribution is -2.45. The topological polar surface area (TPSA) is 65.1 Å². The Morgan fingerprint density at radius 2 is 1.95 bits per heavy atom.